The number of anilines is 1. The van der Waals surface area contributed by atoms with E-state index in [2.05, 4.69) is 20.8 Å². The van der Waals surface area contributed by atoms with Gasteiger partial charge < -0.3 is 10.1 Å². The Labute approximate surface area is 182 Å². The van der Waals surface area contributed by atoms with Crippen molar-refractivity contribution in [3.8, 4) is 22.5 Å². The normalized spacial score (nSPS) is 10.6. The number of nitrogens with one attached hydrogen (secondary N) is 1. The van der Waals surface area contributed by atoms with Crippen LogP contribution in [0.1, 0.15) is 27.6 Å². The van der Waals surface area contributed by atoms with E-state index >= 15 is 0 Å². The van der Waals surface area contributed by atoms with Gasteiger partial charge in [-0.25, -0.2) is 9.48 Å². The van der Waals surface area contributed by atoms with Crippen LogP contribution in [0.2, 0.25) is 0 Å². The Morgan fingerprint density at radius 2 is 1.87 bits per heavy atom. The Bertz CT molecular complexity index is 1230. The lowest BCUT2D eigenvalue weighted by Gasteiger charge is -2.09. The monoisotopic (exact) mass is 433 g/mol. The largest absolute Gasteiger partial charge is 0.462 e. The molecule has 8 nitrogen and oxygen atoms in total. The predicted molar refractivity (Wildman–Crippen MR) is 118 cm³/mol. The van der Waals surface area contributed by atoms with Crippen molar-refractivity contribution in [3.63, 3.8) is 0 Å². The average Bonchev–Trinajstić information content (AvgIpc) is 3.41. The molecular formula is C22H19N5O3S. The highest BCUT2D eigenvalue weighted by Crippen LogP contribution is 2.36. The zero-order valence-electron chi connectivity index (χ0n) is 16.9. The maximum atomic E-state index is 13.0. The van der Waals surface area contributed by atoms with E-state index in [1.807, 2.05) is 41.8 Å². The fraction of sp³-hybridized carbons (Fsp3) is 0.136. The van der Waals surface area contributed by atoms with Gasteiger partial charge in [-0.3, -0.25) is 4.79 Å². The predicted octanol–water partition coefficient (Wildman–Crippen LogP) is 4.03. The van der Waals surface area contributed by atoms with Gasteiger partial charge in [-0.2, -0.15) is 0 Å². The van der Waals surface area contributed by atoms with Gasteiger partial charge in [0.1, 0.15) is 10.6 Å². The number of hydrogen-bond donors (Lipinski definition) is 1. The smallest absolute Gasteiger partial charge is 0.341 e. The lowest BCUT2D eigenvalue weighted by Crippen LogP contribution is -2.15. The van der Waals surface area contributed by atoms with Crippen LogP contribution in [-0.2, 0) is 11.8 Å². The number of thiophene rings is 1. The van der Waals surface area contributed by atoms with Crippen molar-refractivity contribution in [3.05, 3.63) is 71.1 Å². The Balaban J connectivity index is 1.67. The van der Waals surface area contributed by atoms with Crippen LogP contribution in [-0.4, -0.2) is 38.7 Å². The molecule has 0 bridgehead atoms. The first kappa shape index (κ1) is 20.4. The number of hydrogen-bond acceptors (Lipinski definition) is 7. The molecular weight excluding hydrogens is 414 g/mol. The second-order valence-corrected chi connectivity index (χ2v) is 7.48. The summed E-state index contributed by atoms with van der Waals surface area (Å²) in [7, 11) is 1.73. The van der Waals surface area contributed by atoms with E-state index in [9.17, 15) is 9.59 Å². The van der Waals surface area contributed by atoms with Crippen LogP contribution in [0.5, 0.6) is 0 Å². The summed E-state index contributed by atoms with van der Waals surface area (Å²) in [4.78, 5) is 25.7. The zero-order chi connectivity index (χ0) is 21.8. The second-order valence-electron chi connectivity index (χ2n) is 6.60. The molecule has 0 fully saturated rings. The number of ether oxygens (including phenoxy) is 1. The average molecular weight is 433 g/mol. The number of aryl methyl sites for hydroxylation is 1. The molecule has 0 atom stereocenters. The Morgan fingerprint density at radius 1 is 1.10 bits per heavy atom. The molecule has 0 radical (unpaired) electrons. The molecule has 0 aliphatic rings. The molecule has 9 heteroatoms. The first-order valence-corrected chi connectivity index (χ1v) is 10.4. The first-order valence-electron chi connectivity index (χ1n) is 9.56. The Kier molecular flexibility index (Phi) is 5.85. The molecule has 31 heavy (non-hydrogen) atoms. The molecule has 2 heterocycles. The third-order valence-corrected chi connectivity index (χ3v) is 5.48. The second kappa shape index (κ2) is 8.88. The van der Waals surface area contributed by atoms with Gasteiger partial charge in [0.2, 0.25) is 0 Å². The van der Waals surface area contributed by atoms with E-state index in [1.165, 1.54) is 16.0 Å². The Morgan fingerprint density at radius 3 is 2.58 bits per heavy atom. The zero-order valence-corrected chi connectivity index (χ0v) is 17.7. The van der Waals surface area contributed by atoms with Crippen molar-refractivity contribution in [2.75, 3.05) is 11.9 Å². The molecule has 0 aliphatic heterocycles. The molecule has 0 saturated carbocycles. The van der Waals surface area contributed by atoms with E-state index in [1.54, 1.807) is 32.2 Å². The molecule has 0 aliphatic carbocycles. The number of nitrogens with zero attached hydrogens (tertiary/aromatic N) is 4. The summed E-state index contributed by atoms with van der Waals surface area (Å²) in [5.41, 5.74) is 3.07. The molecule has 0 saturated heterocycles. The number of benzene rings is 2. The van der Waals surface area contributed by atoms with Crippen molar-refractivity contribution in [1.82, 2.24) is 20.2 Å². The van der Waals surface area contributed by atoms with E-state index in [-0.39, 0.29) is 12.5 Å². The summed E-state index contributed by atoms with van der Waals surface area (Å²) in [6, 6.07) is 16.5. The fourth-order valence-corrected chi connectivity index (χ4v) is 4.09. The van der Waals surface area contributed by atoms with Gasteiger partial charge in [-0.1, -0.05) is 42.5 Å². The quantitative estimate of drug-likeness (QED) is 0.461. The molecule has 0 unspecified atom stereocenters. The summed E-state index contributed by atoms with van der Waals surface area (Å²) in [6.07, 6.45) is 0. The standard InChI is InChI=1S/C22H19N5O3S/c1-3-30-22(29)18-17(14-8-5-4-6-9-14)13-31-21(18)23-20(28)16-11-7-10-15(12-16)19-24-25-26-27(19)2/h4-13H,3H2,1-2H3,(H,23,28). The maximum absolute atomic E-state index is 13.0. The summed E-state index contributed by atoms with van der Waals surface area (Å²) >= 11 is 1.28. The van der Waals surface area contributed by atoms with E-state index in [0.717, 1.165) is 11.1 Å². The van der Waals surface area contributed by atoms with Crippen LogP contribution in [0.25, 0.3) is 22.5 Å². The lowest BCUT2D eigenvalue weighted by molar-refractivity contribution is 0.0529. The van der Waals surface area contributed by atoms with Crippen molar-refractivity contribution < 1.29 is 14.3 Å². The van der Waals surface area contributed by atoms with Crippen molar-refractivity contribution in [1.29, 1.82) is 0 Å². The number of aromatic nitrogens is 4. The van der Waals surface area contributed by atoms with Gasteiger partial charge in [0.25, 0.3) is 5.91 Å². The summed E-state index contributed by atoms with van der Waals surface area (Å²) < 4.78 is 6.78. The van der Waals surface area contributed by atoms with Crippen molar-refractivity contribution >= 4 is 28.2 Å². The number of carbonyl (C=O) groups is 2. The minimum Gasteiger partial charge on any atom is -0.462 e. The molecule has 2 aromatic carbocycles. The SMILES string of the molecule is CCOC(=O)c1c(-c2ccccc2)csc1NC(=O)c1cccc(-c2nnnn2C)c1. The van der Waals surface area contributed by atoms with Crippen LogP contribution in [0.15, 0.2) is 60.0 Å². The molecule has 4 rings (SSSR count). The number of carbonyl (C=O) groups excluding carboxylic acids is 2. The summed E-state index contributed by atoms with van der Waals surface area (Å²) in [6.45, 7) is 1.99. The van der Waals surface area contributed by atoms with Crippen LogP contribution in [0.4, 0.5) is 5.00 Å². The van der Waals surface area contributed by atoms with Gasteiger partial charge >= 0.3 is 5.97 Å². The lowest BCUT2D eigenvalue weighted by atomic mass is 10.0. The third-order valence-electron chi connectivity index (χ3n) is 4.59. The van der Waals surface area contributed by atoms with E-state index < -0.39 is 5.97 Å². The van der Waals surface area contributed by atoms with Gasteiger partial charge in [0.05, 0.1) is 6.61 Å². The first-order chi connectivity index (χ1) is 15.1. The van der Waals surface area contributed by atoms with E-state index in [4.69, 9.17) is 4.74 Å². The highest BCUT2D eigenvalue weighted by molar-refractivity contribution is 7.15. The van der Waals surface area contributed by atoms with Gasteiger partial charge in [0, 0.05) is 29.1 Å². The molecule has 1 N–H and O–H groups in total. The topological polar surface area (TPSA) is 99.0 Å². The molecule has 156 valence electrons. The third kappa shape index (κ3) is 4.22. The number of tetrazole rings is 1. The fourth-order valence-electron chi connectivity index (χ4n) is 3.13. The highest BCUT2D eigenvalue weighted by atomic mass is 32.1. The summed E-state index contributed by atoms with van der Waals surface area (Å²) in [5, 5.41) is 16.6. The van der Waals surface area contributed by atoms with Gasteiger partial charge in [-0.15, -0.1) is 16.4 Å². The molecule has 0 spiro atoms. The van der Waals surface area contributed by atoms with Crippen molar-refractivity contribution in [2.24, 2.45) is 7.05 Å². The molecule has 2 aromatic heterocycles. The molecule has 1 amide bonds. The minimum absolute atomic E-state index is 0.240. The van der Waals surface area contributed by atoms with E-state index in [0.29, 0.717) is 27.5 Å². The summed E-state index contributed by atoms with van der Waals surface area (Å²) in [5.74, 6) is -0.273. The van der Waals surface area contributed by atoms with Gasteiger partial charge in [-0.05, 0) is 35.0 Å². The van der Waals surface area contributed by atoms with Crippen LogP contribution in [0.3, 0.4) is 0 Å². The van der Waals surface area contributed by atoms with Crippen LogP contribution >= 0.6 is 11.3 Å². The van der Waals surface area contributed by atoms with Gasteiger partial charge in [0.15, 0.2) is 5.82 Å². The van der Waals surface area contributed by atoms with Crippen molar-refractivity contribution in [2.45, 2.75) is 6.92 Å². The Hall–Kier alpha value is -3.85. The highest BCUT2D eigenvalue weighted by Gasteiger charge is 2.23. The minimum atomic E-state index is -0.475. The molecule has 4 aromatic rings. The number of rotatable bonds is 6. The number of esters is 1. The van der Waals surface area contributed by atoms with Crippen LogP contribution in [0, 0.1) is 0 Å². The maximum Gasteiger partial charge on any atom is 0.341 e. The number of amides is 1. The van der Waals surface area contributed by atoms with Crippen LogP contribution < -0.4 is 5.32 Å².